The molecule has 0 aliphatic carbocycles. The van der Waals surface area contributed by atoms with Crippen LogP contribution in [0.4, 0.5) is 0 Å². The molecule has 41 heavy (non-hydrogen) atoms. The third kappa shape index (κ3) is 3.72. The van der Waals surface area contributed by atoms with Crippen LogP contribution in [-0.4, -0.2) is 35.2 Å². The van der Waals surface area contributed by atoms with Gasteiger partial charge in [0.15, 0.2) is 5.60 Å². The third-order valence-electron chi connectivity index (χ3n) is 7.91. The van der Waals surface area contributed by atoms with E-state index >= 15 is 0 Å². The average Bonchev–Trinajstić information content (AvgIpc) is 3.26. The Morgan fingerprint density at radius 3 is 2.00 bits per heavy atom. The predicted molar refractivity (Wildman–Crippen MR) is 154 cm³/mol. The number of fused-ring (bicyclic) bond motifs is 10. The molecule has 0 unspecified atom stereocenters. The molecule has 0 radical (unpaired) electrons. The van der Waals surface area contributed by atoms with Crippen molar-refractivity contribution in [2.75, 3.05) is 13.1 Å². The number of benzene rings is 5. The number of carbonyl (C=O) groups excluding carboxylic acids is 2. The van der Waals surface area contributed by atoms with Gasteiger partial charge in [-0.2, -0.15) is 0 Å². The topological polar surface area (TPSA) is 131 Å². The van der Waals surface area contributed by atoms with Gasteiger partial charge in [-0.25, -0.2) is 4.79 Å². The molecule has 0 saturated carbocycles. The van der Waals surface area contributed by atoms with Gasteiger partial charge in [0.05, 0.1) is 5.56 Å². The second-order valence-electron chi connectivity index (χ2n) is 10.4. The summed E-state index contributed by atoms with van der Waals surface area (Å²) in [4.78, 5) is 26.4. The largest absolute Gasteiger partial charge is 0.508 e. The summed E-state index contributed by atoms with van der Waals surface area (Å²) in [5.74, 6) is 0.415. The first-order valence-electron chi connectivity index (χ1n) is 13.5. The van der Waals surface area contributed by atoms with Gasteiger partial charge in [0, 0.05) is 39.6 Å². The quantitative estimate of drug-likeness (QED) is 0.171. The van der Waals surface area contributed by atoms with Gasteiger partial charge in [-0.1, -0.05) is 18.2 Å². The van der Waals surface area contributed by atoms with Crippen molar-refractivity contribution in [2.45, 2.75) is 18.4 Å². The highest BCUT2D eigenvalue weighted by Gasteiger charge is 2.54. The van der Waals surface area contributed by atoms with Gasteiger partial charge in [-0.05, 0) is 90.8 Å². The molecule has 204 valence electrons. The molecule has 2 heterocycles. The van der Waals surface area contributed by atoms with E-state index in [1.807, 2.05) is 24.3 Å². The monoisotopic (exact) mass is 546 g/mol. The highest BCUT2D eigenvalue weighted by atomic mass is 16.6. The number of phenols is 2. The number of rotatable bonds is 5. The zero-order chi connectivity index (χ0) is 28.3. The van der Waals surface area contributed by atoms with Gasteiger partial charge in [-0.3, -0.25) is 4.79 Å². The molecule has 1 amide bonds. The minimum atomic E-state index is -1.34. The lowest BCUT2D eigenvalue weighted by Gasteiger charge is -2.37. The minimum absolute atomic E-state index is 0.121. The average molecular weight is 547 g/mol. The maximum atomic E-state index is 13.6. The standard InChI is InChI=1S/C33H26N2O6/c34-13-1-2-14-35-31(38)20-5-10-26-25(17-20)32(39)41-33(26)27-11-3-18-15-21(36)6-8-23(18)29(27)40-30-24-9-7-22(37)16-19(24)4-12-28(30)33/h3-12,15-17,36-37H,1-2,13-14,34H2,(H,35,38). The maximum Gasteiger partial charge on any atom is 0.340 e. The van der Waals surface area contributed by atoms with Crippen molar-refractivity contribution in [3.8, 4) is 23.0 Å². The minimum Gasteiger partial charge on any atom is -0.508 e. The van der Waals surface area contributed by atoms with Gasteiger partial charge < -0.3 is 30.7 Å². The molecule has 2 aliphatic rings. The first kappa shape index (κ1) is 24.9. The molecular formula is C33H26N2O6. The van der Waals surface area contributed by atoms with Crippen molar-refractivity contribution in [2.24, 2.45) is 5.73 Å². The van der Waals surface area contributed by atoms with Crippen LogP contribution >= 0.6 is 0 Å². The molecule has 5 aromatic carbocycles. The van der Waals surface area contributed by atoms with Crippen LogP contribution in [0.15, 0.2) is 78.9 Å². The molecule has 0 bridgehead atoms. The first-order chi connectivity index (χ1) is 19.9. The summed E-state index contributed by atoms with van der Waals surface area (Å²) in [5.41, 5.74) is 6.73. The lowest BCUT2D eigenvalue weighted by atomic mass is 9.76. The maximum absolute atomic E-state index is 13.6. The predicted octanol–water partition coefficient (Wildman–Crippen LogP) is 5.44. The summed E-state index contributed by atoms with van der Waals surface area (Å²) in [7, 11) is 0. The summed E-state index contributed by atoms with van der Waals surface area (Å²) >= 11 is 0. The number of hydrogen-bond acceptors (Lipinski definition) is 7. The fraction of sp³-hybridized carbons (Fsp3) is 0.152. The van der Waals surface area contributed by atoms with E-state index in [4.69, 9.17) is 15.2 Å². The fourth-order valence-corrected chi connectivity index (χ4v) is 5.98. The van der Waals surface area contributed by atoms with Gasteiger partial charge in [-0.15, -0.1) is 0 Å². The Morgan fingerprint density at radius 2 is 1.39 bits per heavy atom. The van der Waals surface area contributed by atoms with E-state index in [0.29, 0.717) is 52.4 Å². The van der Waals surface area contributed by atoms with Crippen LogP contribution in [0.2, 0.25) is 0 Å². The molecule has 0 saturated heterocycles. The van der Waals surface area contributed by atoms with E-state index < -0.39 is 11.6 Å². The third-order valence-corrected chi connectivity index (χ3v) is 7.91. The van der Waals surface area contributed by atoms with Crippen LogP contribution in [0.1, 0.15) is 50.2 Å². The Labute approximate surface area is 234 Å². The number of amides is 1. The van der Waals surface area contributed by atoms with Gasteiger partial charge in [0.2, 0.25) is 0 Å². The number of ether oxygens (including phenoxy) is 2. The molecule has 0 fully saturated rings. The van der Waals surface area contributed by atoms with E-state index in [-0.39, 0.29) is 17.4 Å². The normalized spacial score (nSPS) is 14.3. The zero-order valence-electron chi connectivity index (χ0n) is 21.9. The summed E-state index contributed by atoms with van der Waals surface area (Å²) in [6.45, 7) is 1.05. The second-order valence-corrected chi connectivity index (χ2v) is 10.4. The summed E-state index contributed by atoms with van der Waals surface area (Å²) in [5, 5.41) is 26.1. The van der Waals surface area contributed by atoms with Gasteiger partial charge in [0.25, 0.3) is 5.91 Å². The number of carbonyl (C=O) groups is 2. The summed E-state index contributed by atoms with van der Waals surface area (Å²) in [6, 6.07) is 22.5. The van der Waals surface area contributed by atoms with Crippen molar-refractivity contribution < 1.29 is 29.3 Å². The van der Waals surface area contributed by atoms with E-state index in [1.165, 1.54) is 0 Å². The molecule has 0 aromatic heterocycles. The van der Waals surface area contributed by atoms with E-state index in [0.717, 1.165) is 34.4 Å². The Morgan fingerprint density at radius 1 is 0.780 bits per heavy atom. The van der Waals surface area contributed by atoms with E-state index in [9.17, 15) is 19.8 Å². The van der Waals surface area contributed by atoms with Crippen LogP contribution in [0.3, 0.4) is 0 Å². The molecule has 0 atom stereocenters. The molecule has 8 heteroatoms. The first-order valence-corrected chi connectivity index (χ1v) is 13.5. The van der Waals surface area contributed by atoms with E-state index in [2.05, 4.69) is 5.32 Å². The Hall–Kier alpha value is -5.08. The summed E-state index contributed by atoms with van der Waals surface area (Å²) < 4.78 is 13.0. The van der Waals surface area contributed by atoms with Crippen LogP contribution in [0.5, 0.6) is 23.0 Å². The van der Waals surface area contributed by atoms with Crippen molar-refractivity contribution in [3.05, 3.63) is 107 Å². The lowest BCUT2D eigenvalue weighted by molar-refractivity contribution is 0.0226. The van der Waals surface area contributed by atoms with Crippen molar-refractivity contribution >= 4 is 33.4 Å². The molecule has 1 spiro atoms. The fourth-order valence-electron chi connectivity index (χ4n) is 5.98. The van der Waals surface area contributed by atoms with Crippen molar-refractivity contribution in [3.63, 3.8) is 0 Å². The molecule has 5 aromatic rings. The Kier molecular flexibility index (Phi) is 5.62. The Balaban J connectivity index is 1.45. The van der Waals surface area contributed by atoms with E-state index in [1.54, 1.807) is 54.6 Å². The SMILES string of the molecule is NCCCCNC(=O)c1ccc2c(c1)C(=O)OC21c2ccc3cc(O)ccc3c2Oc2c1ccc1cc(O)ccc21. The molecular weight excluding hydrogens is 520 g/mol. The molecule has 7 rings (SSSR count). The molecule has 2 aliphatic heterocycles. The van der Waals surface area contributed by atoms with Crippen LogP contribution in [0.25, 0.3) is 21.5 Å². The number of hydrogen-bond donors (Lipinski definition) is 4. The Bertz CT molecular complexity index is 1820. The van der Waals surface area contributed by atoms with Crippen LogP contribution in [0, 0.1) is 0 Å². The zero-order valence-corrected chi connectivity index (χ0v) is 21.9. The molecule has 8 nitrogen and oxygen atoms in total. The highest BCUT2D eigenvalue weighted by Crippen LogP contribution is 2.59. The number of unbranched alkanes of at least 4 members (excludes halogenated alkanes) is 1. The summed E-state index contributed by atoms with van der Waals surface area (Å²) in [6.07, 6.45) is 1.58. The number of aromatic hydroxyl groups is 2. The number of nitrogens with two attached hydrogens (primary N) is 1. The van der Waals surface area contributed by atoms with Crippen molar-refractivity contribution in [1.82, 2.24) is 5.32 Å². The number of phenolic OH excluding ortho intramolecular Hbond substituents is 2. The van der Waals surface area contributed by atoms with Crippen molar-refractivity contribution in [1.29, 1.82) is 0 Å². The lowest BCUT2D eigenvalue weighted by Crippen LogP contribution is -2.33. The van der Waals surface area contributed by atoms with Gasteiger partial charge in [0.1, 0.15) is 23.0 Å². The second kappa shape index (κ2) is 9.25. The smallest absolute Gasteiger partial charge is 0.340 e. The highest BCUT2D eigenvalue weighted by molar-refractivity contribution is 6.03. The number of esters is 1. The van der Waals surface area contributed by atoms with Crippen LogP contribution in [-0.2, 0) is 10.3 Å². The van der Waals surface area contributed by atoms with Gasteiger partial charge >= 0.3 is 5.97 Å². The molecule has 5 N–H and O–H groups in total. The van der Waals surface area contributed by atoms with Crippen LogP contribution < -0.4 is 15.8 Å². The number of nitrogens with one attached hydrogen (secondary N) is 1.